The van der Waals surface area contributed by atoms with E-state index in [1.54, 1.807) is 24.3 Å². The van der Waals surface area contributed by atoms with Gasteiger partial charge in [0.25, 0.3) is 0 Å². The highest BCUT2D eigenvalue weighted by Gasteiger charge is 2.14. The number of unbranched alkanes of at least 4 members (excludes halogenated alkanes) is 1. The van der Waals surface area contributed by atoms with Crippen LogP contribution in [0.2, 0.25) is 0 Å². The Kier molecular flexibility index (Phi) is 4.95. The van der Waals surface area contributed by atoms with E-state index in [0.717, 1.165) is 12.0 Å². The van der Waals surface area contributed by atoms with Gasteiger partial charge in [0.05, 0.1) is 0 Å². The number of carbonyl (C=O) groups is 1. The Morgan fingerprint density at radius 2 is 1.57 bits per heavy atom. The molecule has 0 heterocycles. The number of hydrogen-bond acceptors (Lipinski definition) is 4. The summed E-state index contributed by atoms with van der Waals surface area (Å²) in [5.74, 6) is 0.0886. The van der Waals surface area contributed by atoms with Gasteiger partial charge in [-0.25, -0.2) is 0 Å². The minimum absolute atomic E-state index is 0.111. The van der Waals surface area contributed by atoms with Crippen LogP contribution in [0.25, 0.3) is 0 Å². The molecular formula is C17H18O4. The number of carbonyl (C=O) groups excluding carboxylic acids is 1. The molecule has 0 aliphatic heterocycles. The molecule has 0 bridgehead atoms. The van der Waals surface area contributed by atoms with Crippen LogP contribution in [0.1, 0.15) is 34.3 Å². The van der Waals surface area contributed by atoms with Crippen LogP contribution >= 0.6 is 0 Å². The number of aliphatic hydroxyl groups excluding tert-OH is 1. The van der Waals surface area contributed by atoms with Crippen LogP contribution in [-0.2, 0) is 6.42 Å². The number of phenols is 2. The van der Waals surface area contributed by atoms with Crippen molar-refractivity contribution >= 4 is 5.78 Å². The molecule has 110 valence electrons. The van der Waals surface area contributed by atoms with E-state index >= 15 is 0 Å². The van der Waals surface area contributed by atoms with Gasteiger partial charge < -0.3 is 15.3 Å². The zero-order valence-corrected chi connectivity index (χ0v) is 11.6. The molecule has 0 aliphatic carbocycles. The molecule has 4 heteroatoms. The maximum Gasteiger partial charge on any atom is 0.193 e. The van der Waals surface area contributed by atoms with Crippen LogP contribution in [0.5, 0.6) is 11.5 Å². The number of ketones is 1. The number of aliphatic hydroxyl groups is 1. The van der Waals surface area contributed by atoms with Crippen LogP contribution in [0.3, 0.4) is 0 Å². The monoisotopic (exact) mass is 286 g/mol. The molecule has 0 atom stereocenters. The van der Waals surface area contributed by atoms with E-state index in [1.165, 1.54) is 18.2 Å². The summed E-state index contributed by atoms with van der Waals surface area (Å²) in [4.78, 5) is 12.5. The fourth-order valence-electron chi connectivity index (χ4n) is 2.20. The average molecular weight is 286 g/mol. The molecular weight excluding hydrogens is 268 g/mol. The van der Waals surface area contributed by atoms with Crippen molar-refractivity contribution in [3.63, 3.8) is 0 Å². The summed E-state index contributed by atoms with van der Waals surface area (Å²) in [7, 11) is 0. The van der Waals surface area contributed by atoms with Gasteiger partial charge in [-0.3, -0.25) is 4.79 Å². The van der Waals surface area contributed by atoms with Gasteiger partial charge in [0, 0.05) is 17.7 Å². The molecule has 0 unspecified atom stereocenters. The summed E-state index contributed by atoms with van der Waals surface area (Å²) in [5.41, 5.74) is 1.79. The predicted molar refractivity (Wildman–Crippen MR) is 79.7 cm³/mol. The number of hydrogen-bond donors (Lipinski definition) is 3. The quantitative estimate of drug-likeness (QED) is 0.563. The Morgan fingerprint density at radius 3 is 2.24 bits per heavy atom. The maximum atomic E-state index is 12.5. The number of rotatable bonds is 6. The van der Waals surface area contributed by atoms with Gasteiger partial charge in [0.15, 0.2) is 5.78 Å². The number of aromatic hydroxyl groups is 2. The average Bonchev–Trinajstić information content (AvgIpc) is 2.48. The number of benzene rings is 2. The third-order valence-electron chi connectivity index (χ3n) is 3.32. The molecule has 0 saturated carbocycles. The van der Waals surface area contributed by atoms with Crippen molar-refractivity contribution < 1.29 is 20.1 Å². The Morgan fingerprint density at radius 1 is 0.905 bits per heavy atom. The van der Waals surface area contributed by atoms with Crippen LogP contribution in [0.4, 0.5) is 0 Å². The van der Waals surface area contributed by atoms with E-state index in [4.69, 9.17) is 5.11 Å². The summed E-state index contributed by atoms with van der Waals surface area (Å²) in [6.07, 6.45) is 2.02. The first-order valence-electron chi connectivity index (χ1n) is 6.88. The Balaban J connectivity index is 2.29. The molecule has 0 fully saturated rings. The van der Waals surface area contributed by atoms with Gasteiger partial charge in [-0.15, -0.1) is 0 Å². The highest BCUT2D eigenvalue weighted by Crippen LogP contribution is 2.22. The van der Waals surface area contributed by atoms with E-state index in [2.05, 4.69) is 0 Å². The van der Waals surface area contributed by atoms with Gasteiger partial charge in [0.2, 0.25) is 0 Å². The molecule has 2 rings (SSSR count). The van der Waals surface area contributed by atoms with Crippen molar-refractivity contribution in [3.05, 3.63) is 59.2 Å². The van der Waals surface area contributed by atoms with E-state index in [9.17, 15) is 15.0 Å². The number of phenolic OH excluding ortho intramolecular Hbond substituents is 2. The Hall–Kier alpha value is -2.33. The van der Waals surface area contributed by atoms with Gasteiger partial charge in [-0.05, 0) is 67.3 Å². The largest absolute Gasteiger partial charge is 0.508 e. The van der Waals surface area contributed by atoms with Crippen LogP contribution in [0.15, 0.2) is 42.5 Å². The standard InChI is InChI=1S/C17H18O4/c18-10-2-1-3-13-11-15(20)8-9-16(13)17(21)12-4-6-14(19)7-5-12/h4-9,11,18-20H,1-3,10H2. The maximum absolute atomic E-state index is 12.5. The van der Waals surface area contributed by atoms with Crippen LogP contribution in [-0.4, -0.2) is 27.7 Å². The van der Waals surface area contributed by atoms with Crippen LogP contribution < -0.4 is 0 Å². The minimum atomic E-state index is -0.144. The molecule has 2 aromatic rings. The highest BCUT2D eigenvalue weighted by molar-refractivity contribution is 6.10. The first-order chi connectivity index (χ1) is 10.1. The molecule has 0 amide bonds. The molecule has 0 saturated heterocycles. The molecule has 0 spiro atoms. The Bertz CT molecular complexity index is 617. The van der Waals surface area contributed by atoms with Crippen molar-refractivity contribution in [1.82, 2.24) is 0 Å². The third kappa shape index (κ3) is 3.83. The van der Waals surface area contributed by atoms with Gasteiger partial charge in [-0.2, -0.15) is 0 Å². The van der Waals surface area contributed by atoms with Crippen molar-refractivity contribution in [2.45, 2.75) is 19.3 Å². The normalized spacial score (nSPS) is 10.5. The zero-order valence-electron chi connectivity index (χ0n) is 11.6. The fraction of sp³-hybridized carbons (Fsp3) is 0.235. The summed E-state index contributed by atoms with van der Waals surface area (Å²) in [6, 6.07) is 10.8. The molecule has 0 aliphatic rings. The lowest BCUT2D eigenvalue weighted by Gasteiger charge is -2.09. The summed E-state index contributed by atoms with van der Waals surface area (Å²) in [5, 5.41) is 27.7. The molecule has 4 nitrogen and oxygen atoms in total. The highest BCUT2D eigenvalue weighted by atomic mass is 16.3. The van der Waals surface area contributed by atoms with Crippen molar-refractivity contribution in [2.75, 3.05) is 6.61 Å². The van der Waals surface area contributed by atoms with E-state index in [0.29, 0.717) is 24.0 Å². The second-order valence-corrected chi connectivity index (χ2v) is 4.90. The molecule has 2 aromatic carbocycles. The lowest BCUT2D eigenvalue weighted by atomic mass is 9.95. The van der Waals surface area contributed by atoms with Gasteiger partial charge in [0.1, 0.15) is 11.5 Å². The second-order valence-electron chi connectivity index (χ2n) is 4.90. The van der Waals surface area contributed by atoms with E-state index < -0.39 is 0 Å². The van der Waals surface area contributed by atoms with Gasteiger partial charge in [-0.1, -0.05) is 0 Å². The minimum Gasteiger partial charge on any atom is -0.508 e. The molecule has 3 N–H and O–H groups in total. The van der Waals surface area contributed by atoms with E-state index in [-0.39, 0.29) is 23.9 Å². The van der Waals surface area contributed by atoms with E-state index in [1.807, 2.05) is 0 Å². The first-order valence-corrected chi connectivity index (χ1v) is 6.88. The van der Waals surface area contributed by atoms with Crippen LogP contribution in [0, 0.1) is 0 Å². The lowest BCUT2D eigenvalue weighted by Crippen LogP contribution is -2.05. The summed E-state index contributed by atoms with van der Waals surface area (Å²) < 4.78 is 0. The molecule has 0 radical (unpaired) electrons. The topological polar surface area (TPSA) is 77.8 Å². The smallest absolute Gasteiger partial charge is 0.193 e. The van der Waals surface area contributed by atoms with Crippen molar-refractivity contribution in [2.24, 2.45) is 0 Å². The molecule has 21 heavy (non-hydrogen) atoms. The third-order valence-corrected chi connectivity index (χ3v) is 3.32. The summed E-state index contributed by atoms with van der Waals surface area (Å²) >= 11 is 0. The SMILES string of the molecule is O=C(c1ccc(O)cc1)c1ccc(O)cc1CCCCO. The lowest BCUT2D eigenvalue weighted by molar-refractivity contribution is 0.103. The first kappa shape index (κ1) is 15.1. The Labute approximate surface area is 123 Å². The van der Waals surface area contributed by atoms with Gasteiger partial charge >= 0.3 is 0 Å². The zero-order chi connectivity index (χ0) is 15.2. The second kappa shape index (κ2) is 6.90. The van der Waals surface area contributed by atoms with Crippen molar-refractivity contribution in [3.8, 4) is 11.5 Å². The van der Waals surface area contributed by atoms with Crippen molar-refractivity contribution in [1.29, 1.82) is 0 Å². The molecule has 0 aromatic heterocycles. The number of aryl methyl sites for hydroxylation is 1. The fourth-order valence-corrected chi connectivity index (χ4v) is 2.20. The predicted octanol–water partition coefficient (Wildman–Crippen LogP) is 2.64. The summed E-state index contributed by atoms with van der Waals surface area (Å²) in [6.45, 7) is 0.111.